The van der Waals surface area contributed by atoms with Crippen molar-refractivity contribution in [3.05, 3.63) is 23.8 Å². The summed E-state index contributed by atoms with van der Waals surface area (Å²) < 4.78 is 0. The fourth-order valence-corrected chi connectivity index (χ4v) is 3.41. The Bertz CT molecular complexity index is 417. The molecule has 0 saturated heterocycles. The monoisotopic (exact) mass is 232 g/mol. The first-order chi connectivity index (χ1) is 7.93. The zero-order chi connectivity index (χ0) is 12.7. The van der Waals surface area contributed by atoms with Gasteiger partial charge < -0.3 is 0 Å². The Balaban J connectivity index is 2.44. The zero-order valence-corrected chi connectivity index (χ0v) is 10.8. The molecule has 0 amide bonds. The molecule has 4 atom stereocenters. The van der Waals surface area contributed by atoms with Crippen molar-refractivity contribution in [3.63, 3.8) is 0 Å². The second-order valence-electron chi connectivity index (χ2n) is 5.65. The average Bonchev–Trinajstić information content (AvgIpc) is 2.25. The molecule has 0 radical (unpaired) electrons. The molecule has 2 aliphatic rings. The van der Waals surface area contributed by atoms with Crippen LogP contribution in [0.3, 0.4) is 0 Å². The van der Waals surface area contributed by atoms with Gasteiger partial charge in [-0.05, 0) is 50.2 Å². The van der Waals surface area contributed by atoms with E-state index in [4.69, 9.17) is 0 Å². The van der Waals surface area contributed by atoms with Crippen LogP contribution in [-0.2, 0) is 9.59 Å². The van der Waals surface area contributed by atoms with E-state index in [0.717, 1.165) is 18.4 Å². The molecular weight excluding hydrogens is 212 g/mol. The van der Waals surface area contributed by atoms with Gasteiger partial charge in [0.2, 0.25) is 0 Å². The third-order valence-corrected chi connectivity index (χ3v) is 4.38. The molecule has 1 fully saturated rings. The fourth-order valence-electron chi connectivity index (χ4n) is 3.41. The molecule has 0 heterocycles. The number of carbonyl (C=O) groups excluding carboxylic acids is 2. The lowest BCUT2D eigenvalue weighted by molar-refractivity contribution is -0.135. The van der Waals surface area contributed by atoms with Crippen LogP contribution in [0.2, 0.25) is 0 Å². The van der Waals surface area contributed by atoms with Crippen molar-refractivity contribution in [1.29, 1.82) is 0 Å². The second kappa shape index (κ2) is 4.25. The number of Topliss-reactive ketones (excluding diaryl/α,β-unsaturated/α-hetero) is 1. The minimum absolute atomic E-state index is 0.110. The number of allylic oxidation sites excluding steroid dienone is 3. The van der Waals surface area contributed by atoms with Crippen molar-refractivity contribution in [3.8, 4) is 0 Å². The Kier molecular flexibility index (Phi) is 3.07. The number of ketones is 2. The molecule has 92 valence electrons. The van der Waals surface area contributed by atoms with Crippen LogP contribution >= 0.6 is 0 Å². The third-order valence-electron chi connectivity index (χ3n) is 4.38. The fraction of sp³-hybridized carbons (Fsp3) is 0.600. The second-order valence-corrected chi connectivity index (χ2v) is 5.65. The smallest absolute Gasteiger partial charge is 0.163 e. The van der Waals surface area contributed by atoms with Gasteiger partial charge in [-0.15, -0.1) is 0 Å². The Morgan fingerprint density at radius 1 is 1.29 bits per heavy atom. The van der Waals surface area contributed by atoms with Gasteiger partial charge in [-0.25, -0.2) is 0 Å². The van der Waals surface area contributed by atoms with E-state index in [0.29, 0.717) is 11.5 Å². The van der Waals surface area contributed by atoms with E-state index in [-0.39, 0.29) is 29.3 Å². The number of hydrogen-bond acceptors (Lipinski definition) is 2. The highest BCUT2D eigenvalue weighted by molar-refractivity contribution is 6.10. The summed E-state index contributed by atoms with van der Waals surface area (Å²) in [5.41, 5.74) is 1.67. The van der Waals surface area contributed by atoms with Crippen molar-refractivity contribution in [2.75, 3.05) is 0 Å². The predicted octanol–water partition coefficient (Wildman–Crippen LogP) is 2.94. The highest BCUT2D eigenvalue weighted by Gasteiger charge is 2.47. The molecule has 0 spiro atoms. The van der Waals surface area contributed by atoms with Gasteiger partial charge in [0, 0.05) is 11.8 Å². The van der Waals surface area contributed by atoms with Crippen LogP contribution in [0.1, 0.15) is 33.6 Å². The van der Waals surface area contributed by atoms with Gasteiger partial charge in [-0.3, -0.25) is 9.59 Å². The predicted molar refractivity (Wildman–Crippen MR) is 67.5 cm³/mol. The highest BCUT2D eigenvalue weighted by atomic mass is 16.1. The number of carbonyl (C=O) groups is 2. The summed E-state index contributed by atoms with van der Waals surface area (Å²) in [5.74, 6) is 0.558. The molecule has 2 nitrogen and oxygen atoms in total. The van der Waals surface area contributed by atoms with Crippen molar-refractivity contribution in [2.24, 2.45) is 23.7 Å². The normalized spacial score (nSPS) is 37.5. The van der Waals surface area contributed by atoms with Gasteiger partial charge >= 0.3 is 0 Å². The molecule has 2 heteroatoms. The summed E-state index contributed by atoms with van der Waals surface area (Å²) in [4.78, 5) is 24.4. The van der Waals surface area contributed by atoms with E-state index >= 15 is 0 Å². The maximum absolute atomic E-state index is 12.3. The van der Waals surface area contributed by atoms with Crippen LogP contribution in [0.4, 0.5) is 0 Å². The average molecular weight is 232 g/mol. The van der Waals surface area contributed by atoms with E-state index in [1.54, 1.807) is 13.0 Å². The molecule has 0 aromatic carbocycles. The summed E-state index contributed by atoms with van der Waals surface area (Å²) >= 11 is 0. The van der Waals surface area contributed by atoms with Gasteiger partial charge in [0.05, 0.1) is 0 Å². The summed E-state index contributed by atoms with van der Waals surface area (Å²) in [5, 5.41) is 0. The van der Waals surface area contributed by atoms with Crippen molar-refractivity contribution >= 4 is 11.6 Å². The van der Waals surface area contributed by atoms with Crippen molar-refractivity contribution < 1.29 is 9.59 Å². The summed E-state index contributed by atoms with van der Waals surface area (Å²) in [6.45, 7) is 9.82. The molecule has 0 aromatic heterocycles. The van der Waals surface area contributed by atoms with Gasteiger partial charge in [0.1, 0.15) is 0 Å². The van der Waals surface area contributed by atoms with E-state index in [2.05, 4.69) is 13.5 Å². The molecule has 2 aliphatic carbocycles. The van der Waals surface area contributed by atoms with Gasteiger partial charge in [0.15, 0.2) is 11.6 Å². The number of rotatable bonds is 1. The van der Waals surface area contributed by atoms with Crippen LogP contribution in [0.15, 0.2) is 23.8 Å². The van der Waals surface area contributed by atoms with Crippen LogP contribution in [0, 0.1) is 23.7 Å². The zero-order valence-electron chi connectivity index (χ0n) is 10.8. The lowest BCUT2D eigenvalue weighted by atomic mass is 9.59. The molecule has 1 saturated carbocycles. The SMILES string of the molecule is C=C(C)C1CCC(C)C2C(=O)C=C(C)C(=O)C12. The summed E-state index contributed by atoms with van der Waals surface area (Å²) in [7, 11) is 0. The first-order valence-electron chi connectivity index (χ1n) is 6.35. The lowest BCUT2D eigenvalue weighted by Crippen LogP contribution is -2.45. The third kappa shape index (κ3) is 1.90. The van der Waals surface area contributed by atoms with Gasteiger partial charge in [0.25, 0.3) is 0 Å². The van der Waals surface area contributed by atoms with Crippen molar-refractivity contribution in [1.82, 2.24) is 0 Å². The Morgan fingerprint density at radius 2 is 1.94 bits per heavy atom. The van der Waals surface area contributed by atoms with Crippen molar-refractivity contribution in [2.45, 2.75) is 33.6 Å². The minimum Gasteiger partial charge on any atom is -0.294 e. The summed E-state index contributed by atoms with van der Waals surface area (Å²) in [6, 6.07) is 0. The summed E-state index contributed by atoms with van der Waals surface area (Å²) in [6.07, 6.45) is 3.55. The van der Waals surface area contributed by atoms with Gasteiger partial charge in [-0.2, -0.15) is 0 Å². The molecule has 0 N–H and O–H groups in total. The van der Waals surface area contributed by atoms with Crippen LogP contribution in [0.5, 0.6) is 0 Å². The molecular formula is C15H20O2. The lowest BCUT2D eigenvalue weighted by Gasteiger charge is -2.42. The maximum Gasteiger partial charge on any atom is 0.163 e. The Morgan fingerprint density at radius 3 is 2.53 bits per heavy atom. The Hall–Kier alpha value is -1.18. The van der Waals surface area contributed by atoms with Crippen LogP contribution in [-0.4, -0.2) is 11.6 Å². The van der Waals surface area contributed by atoms with E-state index < -0.39 is 0 Å². The molecule has 2 rings (SSSR count). The molecule has 0 bridgehead atoms. The Labute approximate surface area is 103 Å². The van der Waals surface area contributed by atoms with E-state index in [1.165, 1.54) is 0 Å². The largest absolute Gasteiger partial charge is 0.294 e. The quantitative estimate of drug-likeness (QED) is 0.651. The number of hydrogen-bond donors (Lipinski definition) is 0. The first kappa shape index (κ1) is 12.3. The van der Waals surface area contributed by atoms with E-state index in [9.17, 15) is 9.59 Å². The van der Waals surface area contributed by atoms with Gasteiger partial charge in [-0.1, -0.05) is 19.1 Å². The van der Waals surface area contributed by atoms with Crippen LogP contribution in [0.25, 0.3) is 0 Å². The molecule has 17 heavy (non-hydrogen) atoms. The standard InChI is InChI=1S/C15H20O2/c1-8(2)11-6-5-9(3)13-12(16)7-10(4)15(17)14(11)13/h7,9,11,13-14H,1,5-6H2,2-4H3. The maximum atomic E-state index is 12.3. The highest BCUT2D eigenvalue weighted by Crippen LogP contribution is 2.45. The molecule has 4 unspecified atom stereocenters. The minimum atomic E-state index is -0.145. The first-order valence-corrected chi connectivity index (χ1v) is 6.35. The molecule has 0 aromatic rings. The van der Waals surface area contributed by atoms with Crippen LogP contribution < -0.4 is 0 Å². The number of fused-ring (bicyclic) bond motifs is 1. The van der Waals surface area contributed by atoms with E-state index in [1.807, 2.05) is 6.92 Å². The topological polar surface area (TPSA) is 34.1 Å². The molecule has 0 aliphatic heterocycles.